The molecule has 0 aliphatic carbocycles. The first-order valence-electron chi connectivity index (χ1n) is 5.88. The standard InChI is InChI=1S/C13H16BrN3O/c14-11-2-1-3-12(10-11)18-9-8-17-7-6-16-13(17)4-5-15/h1-3,6-7,10H,4-5,8-9,15H2. The Balaban J connectivity index is 1.86. The van der Waals surface area contributed by atoms with Crippen molar-refractivity contribution in [3.05, 3.63) is 47.0 Å². The van der Waals surface area contributed by atoms with E-state index in [0.29, 0.717) is 13.2 Å². The number of benzene rings is 1. The van der Waals surface area contributed by atoms with Gasteiger partial charge in [-0.15, -0.1) is 0 Å². The number of halogens is 1. The summed E-state index contributed by atoms with van der Waals surface area (Å²) in [7, 11) is 0. The summed E-state index contributed by atoms with van der Waals surface area (Å²) in [5.74, 6) is 1.88. The Kier molecular flexibility index (Phi) is 4.78. The van der Waals surface area contributed by atoms with Crippen LogP contribution >= 0.6 is 15.9 Å². The van der Waals surface area contributed by atoms with Crippen molar-refractivity contribution in [2.24, 2.45) is 5.73 Å². The van der Waals surface area contributed by atoms with Crippen LogP contribution in [0.2, 0.25) is 0 Å². The van der Waals surface area contributed by atoms with E-state index in [1.165, 1.54) is 0 Å². The maximum Gasteiger partial charge on any atom is 0.120 e. The van der Waals surface area contributed by atoms with Crippen molar-refractivity contribution in [1.29, 1.82) is 0 Å². The lowest BCUT2D eigenvalue weighted by Crippen LogP contribution is -2.13. The van der Waals surface area contributed by atoms with E-state index in [1.54, 1.807) is 6.20 Å². The van der Waals surface area contributed by atoms with Crippen LogP contribution in [-0.2, 0) is 13.0 Å². The maximum atomic E-state index is 5.68. The number of nitrogens with two attached hydrogens (primary N) is 1. The first-order chi connectivity index (χ1) is 8.79. The summed E-state index contributed by atoms with van der Waals surface area (Å²) >= 11 is 3.42. The number of nitrogens with zero attached hydrogens (tertiary/aromatic N) is 2. The van der Waals surface area contributed by atoms with Crippen LogP contribution in [0.1, 0.15) is 5.82 Å². The molecular weight excluding hydrogens is 294 g/mol. The topological polar surface area (TPSA) is 53.1 Å². The molecule has 2 aromatic rings. The van der Waals surface area contributed by atoms with E-state index in [1.807, 2.05) is 30.5 Å². The third-order valence-corrected chi connectivity index (χ3v) is 3.06. The van der Waals surface area contributed by atoms with Gasteiger partial charge in [0.15, 0.2) is 0 Å². The predicted octanol–water partition coefficient (Wildman–Crippen LogP) is 2.23. The number of hydrogen-bond donors (Lipinski definition) is 1. The molecule has 0 fully saturated rings. The Hall–Kier alpha value is -1.33. The number of ether oxygens (including phenoxy) is 1. The van der Waals surface area contributed by atoms with Crippen LogP contribution in [0.5, 0.6) is 5.75 Å². The molecule has 1 aromatic carbocycles. The van der Waals surface area contributed by atoms with Gasteiger partial charge in [0.1, 0.15) is 18.2 Å². The molecular formula is C13H16BrN3O. The van der Waals surface area contributed by atoms with Crippen LogP contribution in [0, 0.1) is 0 Å². The Morgan fingerprint density at radius 3 is 3.06 bits per heavy atom. The molecule has 0 bridgehead atoms. The van der Waals surface area contributed by atoms with Gasteiger partial charge in [0.2, 0.25) is 0 Å². The lowest BCUT2D eigenvalue weighted by Gasteiger charge is -2.09. The second kappa shape index (κ2) is 6.56. The highest BCUT2D eigenvalue weighted by Crippen LogP contribution is 2.17. The largest absolute Gasteiger partial charge is 0.492 e. The van der Waals surface area contributed by atoms with E-state index < -0.39 is 0 Å². The molecule has 0 aliphatic rings. The van der Waals surface area contributed by atoms with Gasteiger partial charge in [0.25, 0.3) is 0 Å². The Morgan fingerprint density at radius 2 is 2.28 bits per heavy atom. The molecule has 1 aromatic heterocycles. The molecule has 0 amide bonds. The molecule has 5 heteroatoms. The van der Waals surface area contributed by atoms with E-state index in [-0.39, 0.29) is 0 Å². The van der Waals surface area contributed by atoms with E-state index in [9.17, 15) is 0 Å². The first kappa shape index (κ1) is 13.1. The zero-order chi connectivity index (χ0) is 12.8. The summed E-state index contributed by atoms with van der Waals surface area (Å²) in [5, 5.41) is 0. The van der Waals surface area contributed by atoms with Crippen LogP contribution in [0.15, 0.2) is 41.1 Å². The number of imidazole rings is 1. The fourth-order valence-corrected chi connectivity index (χ4v) is 2.10. The van der Waals surface area contributed by atoms with Crippen molar-refractivity contribution in [1.82, 2.24) is 9.55 Å². The molecule has 0 atom stereocenters. The summed E-state index contributed by atoms with van der Waals surface area (Å²) in [5.41, 5.74) is 5.54. The second-order valence-electron chi connectivity index (χ2n) is 3.88. The summed E-state index contributed by atoms with van der Waals surface area (Å²) in [4.78, 5) is 4.27. The van der Waals surface area contributed by atoms with E-state index >= 15 is 0 Å². The molecule has 0 aliphatic heterocycles. The van der Waals surface area contributed by atoms with E-state index in [4.69, 9.17) is 10.5 Å². The molecule has 0 saturated carbocycles. The normalized spacial score (nSPS) is 10.6. The molecule has 0 unspecified atom stereocenters. The molecule has 2 N–H and O–H groups in total. The molecule has 96 valence electrons. The predicted molar refractivity (Wildman–Crippen MR) is 74.6 cm³/mol. The molecule has 4 nitrogen and oxygen atoms in total. The van der Waals surface area contributed by atoms with Gasteiger partial charge in [-0.2, -0.15) is 0 Å². The van der Waals surface area contributed by atoms with Crippen LogP contribution in [0.4, 0.5) is 0 Å². The zero-order valence-electron chi connectivity index (χ0n) is 10.1. The van der Waals surface area contributed by atoms with Crippen LogP contribution in [-0.4, -0.2) is 22.7 Å². The Labute approximate surface area is 115 Å². The quantitative estimate of drug-likeness (QED) is 0.890. The van der Waals surface area contributed by atoms with E-state index in [2.05, 4.69) is 25.5 Å². The molecule has 1 heterocycles. The SMILES string of the molecule is NCCc1nccn1CCOc1cccc(Br)c1. The molecule has 0 saturated heterocycles. The first-order valence-corrected chi connectivity index (χ1v) is 6.67. The maximum absolute atomic E-state index is 5.68. The monoisotopic (exact) mass is 309 g/mol. The molecule has 2 rings (SSSR count). The minimum atomic E-state index is 0.615. The van der Waals surface area contributed by atoms with Gasteiger partial charge in [-0.25, -0.2) is 4.98 Å². The van der Waals surface area contributed by atoms with E-state index in [0.717, 1.165) is 29.0 Å². The van der Waals surface area contributed by atoms with Gasteiger partial charge in [-0.3, -0.25) is 0 Å². The Bertz CT molecular complexity index is 498. The smallest absolute Gasteiger partial charge is 0.120 e. The summed E-state index contributed by atoms with van der Waals surface area (Å²) in [6, 6.07) is 7.83. The van der Waals surface area contributed by atoms with Gasteiger partial charge < -0.3 is 15.0 Å². The third kappa shape index (κ3) is 3.58. The fourth-order valence-electron chi connectivity index (χ4n) is 1.72. The number of aromatic nitrogens is 2. The van der Waals surface area contributed by atoms with Crippen molar-refractivity contribution >= 4 is 15.9 Å². The molecule has 0 spiro atoms. The number of rotatable bonds is 6. The van der Waals surface area contributed by atoms with Gasteiger partial charge in [0, 0.05) is 23.3 Å². The summed E-state index contributed by atoms with van der Waals surface area (Å²) < 4.78 is 8.78. The van der Waals surface area contributed by atoms with Crippen molar-refractivity contribution in [2.75, 3.05) is 13.2 Å². The lowest BCUT2D eigenvalue weighted by molar-refractivity contribution is 0.296. The Morgan fingerprint density at radius 1 is 1.39 bits per heavy atom. The summed E-state index contributed by atoms with van der Waals surface area (Å²) in [6.07, 6.45) is 4.54. The van der Waals surface area contributed by atoms with Crippen molar-refractivity contribution < 1.29 is 4.74 Å². The number of hydrogen-bond acceptors (Lipinski definition) is 3. The third-order valence-electron chi connectivity index (χ3n) is 2.57. The zero-order valence-corrected chi connectivity index (χ0v) is 11.6. The van der Waals surface area contributed by atoms with Crippen molar-refractivity contribution in [3.63, 3.8) is 0 Å². The molecule has 18 heavy (non-hydrogen) atoms. The van der Waals surface area contributed by atoms with Crippen LogP contribution in [0.25, 0.3) is 0 Å². The average Bonchev–Trinajstić information content (AvgIpc) is 2.78. The van der Waals surface area contributed by atoms with Gasteiger partial charge in [-0.05, 0) is 24.7 Å². The second-order valence-corrected chi connectivity index (χ2v) is 4.80. The summed E-state index contributed by atoms with van der Waals surface area (Å²) in [6.45, 7) is 2.01. The van der Waals surface area contributed by atoms with Crippen LogP contribution in [0.3, 0.4) is 0 Å². The minimum Gasteiger partial charge on any atom is -0.492 e. The minimum absolute atomic E-state index is 0.615. The highest BCUT2D eigenvalue weighted by molar-refractivity contribution is 9.10. The van der Waals surface area contributed by atoms with Crippen molar-refractivity contribution in [3.8, 4) is 5.75 Å². The highest BCUT2D eigenvalue weighted by Gasteiger charge is 2.01. The highest BCUT2D eigenvalue weighted by atomic mass is 79.9. The van der Waals surface area contributed by atoms with Crippen molar-refractivity contribution in [2.45, 2.75) is 13.0 Å². The van der Waals surface area contributed by atoms with Crippen LogP contribution < -0.4 is 10.5 Å². The van der Waals surface area contributed by atoms with Gasteiger partial charge in [-0.1, -0.05) is 22.0 Å². The van der Waals surface area contributed by atoms with Gasteiger partial charge in [0.05, 0.1) is 6.54 Å². The lowest BCUT2D eigenvalue weighted by atomic mass is 10.3. The average molecular weight is 310 g/mol. The van der Waals surface area contributed by atoms with Gasteiger partial charge >= 0.3 is 0 Å². The molecule has 0 radical (unpaired) electrons. The fraction of sp³-hybridized carbons (Fsp3) is 0.308.